The average Bonchev–Trinajstić information content (AvgIpc) is 2.58. The maximum absolute atomic E-state index is 12.1. The highest BCUT2D eigenvalue weighted by molar-refractivity contribution is 9.10. The summed E-state index contributed by atoms with van der Waals surface area (Å²) < 4.78 is 14.3. The first-order valence-electron chi connectivity index (χ1n) is 8.70. The summed E-state index contributed by atoms with van der Waals surface area (Å²) in [5, 5.41) is 1.88. The number of halogens is 1. The molecule has 1 aliphatic rings. The molecule has 1 aromatic carbocycles. The fourth-order valence-corrected chi connectivity index (χ4v) is 3.39. The van der Waals surface area contributed by atoms with E-state index in [1.807, 2.05) is 68.5 Å². The van der Waals surface area contributed by atoms with E-state index in [1.54, 1.807) is 4.90 Å². The fourth-order valence-electron chi connectivity index (χ4n) is 2.60. The number of nitrogens with zero attached hydrogens (tertiary/aromatic N) is 3. The molecule has 1 aliphatic heterocycles. The van der Waals surface area contributed by atoms with Crippen LogP contribution in [0.3, 0.4) is 0 Å². The smallest absolute Gasteiger partial charge is 0.410 e. The number of piperidine rings is 1. The molecule has 146 valence electrons. The molecule has 1 heterocycles. The summed E-state index contributed by atoms with van der Waals surface area (Å²) in [6.45, 7) is 7.02. The monoisotopic (exact) mass is 445 g/mol. The van der Waals surface area contributed by atoms with Crippen LogP contribution in [-0.4, -0.2) is 54.9 Å². The molecule has 0 saturated carbocycles. The van der Waals surface area contributed by atoms with Gasteiger partial charge in [-0.2, -0.15) is 5.06 Å². The molecule has 0 aromatic heterocycles. The molecule has 26 heavy (non-hydrogen) atoms. The number of ether oxygens (including phenoxy) is 1. The SMILES string of the molecule is CN(SON(C)C1CCN(C(=O)OC(C)(C)C)CC1)c1ccc(Br)cc1. The summed E-state index contributed by atoms with van der Waals surface area (Å²) >= 11 is 4.73. The quantitative estimate of drug-likeness (QED) is 0.371. The number of anilines is 1. The van der Waals surface area contributed by atoms with Crippen molar-refractivity contribution < 1.29 is 13.8 Å². The lowest BCUT2D eigenvalue weighted by molar-refractivity contribution is -0.0708. The third-order valence-electron chi connectivity index (χ3n) is 4.08. The van der Waals surface area contributed by atoms with Crippen LogP contribution in [0.2, 0.25) is 0 Å². The highest BCUT2D eigenvalue weighted by Crippen LogP contribution is 2.26. The average molecular weight is 446 g/mol. The van der Waals surface area contributed by atoms with Crippen LogP contribution < -0.4 is 4.31 Å². The maximum Gasteiger partial charge on any atom is 0.410 e. The Balaban J connectivity index is 1.75. The van der Waals surface area contributed by atoms with Gasteiger partial charge in [0.25, 0.3) is 0 Å². The second-order valence-corrected chi connectivity index (χ2v) is 9.13. The lowest BCUT2D eigenvalue weighted by Crippen LogP contribution is -2.46. The minimum atomic E-state index is -0.456. The van der Waals surface area contributed by atoms with Crippen molar-refractivity contribution in [3.63, 3.8) is 0 Å². The predicted octanol–water partition coefficient (Wildman–Crippen LogP) is 4.71. The van der Waals surface area contributed by atoms with Crippen LogP contribution in [0.25, 0.3) is 0 Å². The zero-order chi connectivity index (χ0) is 19.3. The normalized spacial score (nSPS) is 16.0. The topological polar surface area (TPSA) is 45.2 Å². The van der Waals surface area contributed by atoms with E-state index >= 15 is 0 Å². The molecule has 0 aliphatic carbocycles. The summed E-state index contributed by atoms with van der Waals surface area (Å²) in [5.74, 6) is 0. The molecular formula is C18H28BrN3O3S. The Labute approximate surface area is 169 Å². The Kier molecular flexibility index (Phi) is 7.63. The van der Waals surface area contributed by atoms with Crippen LogP contribution in [0.1, 0.15) is 33.6 Å². The summed E-state index contributed by atoms with van der Waals surface area (Å²) in [5.41, 5.74) is 0.605. The first kappa shape index (κ1) is 21.3. The van der Waals surface area contributed by atoms with Crippen molar-refractivity contribution in [1.82, 2.24) is 9.96 Å². The lowest BCUT2D eigenvalue weighted by atomic mass is 10.1. The molecule has 0 unspecified atom stereocenters. The molecule has 1 amide bonds. The number of amides is 1. The number of hydroxylamine groups is 2. The Morgan fingerprint density at radius 2 is 1.77 bits per heavy atom. The third-order valence-corrected chi connectivity index (χ3v) is 5.35. The van der Waals surface area contributed by atoms with Crippen molar-refractivity contribution in [3.05, 3.63) is 28.7 Å². The first-order valence-corrected chi connectivity index (χ1v) is 10.2. The number of rotatable bonds is 5. The molecule has 0 bridgehead atoms. The van der Waals surface area contributed by atoms with Gasteiger partial charge in [0, 0.05) is 43.4 Å². The zero-order valence-corrected chi connectivity index (χ0v) is 18.5. The summed E-state index contributed by atoms with van der Waals surface area (Å²) in [7, 11) is 3.91. The van der Waals surface area contributed by atoms with E-state index in [4.69, 9.17) is 9.02 Å². The Morgan fingerprint density at radius 1 is 1.19 bits per heavy atom. The van der Waals surface area contributed by atoms with E-state index in [-0.39, 0.29) is 12.1 Å². The van der Waals surface area contributed by atoms with E-state index in [2.05, 4.69) is 15.9 Å². The zero-order valence-electron chi connectivity index (χ0n) is 16.1. The molecule has 0 atom stereocenters. The molecule has 2 rings (SSSR count). The van der Waals surface area contributed by atoms with Crippen molar-refractivity contribution >= 4 is 39.9 Å². The second kappa shape index (κ2) is 9.30. The number of benzene rings is 1. The van der Waals surface area contributed by atoms with Crippen LogP contribution in [-0.2, 0) is 9.02 Å². The third kappa shape index (κ3) is 6.64. The van der Waals surface area contributed by atoms with E-state index in [0.29, 0.717) is 13.1 Å². The van der Waals surface area contributed by atoms with Crippen LogP contribution in [0, 0.1) is 0 Å². The number of hydrogen-bond donors (Lipinski definition) is 0. The van der Waals surface area contributed by atoms with Crippen LogP contribution in [0.5, 0.6) is 0 Å². The summed E-state index contributed by atoms with van der Waals surface area (Å²) in [6.07, 6.45) is 1.49. The molecule has 8 heteroatoms. The number of carbonyl (C=O) groups is 1. The highest BCUT2D eigenvalue weighted by atomic mass is 79.9. The van der Waals surface area contributed by atoms with E-state index in [9.17, 15) is 4.79 Å². The van der Waals surface area contributed by atoms with Gasteiger partial charge in [-0.15, -0.1) is 0 Å². The van der Waals surface area contributed by atoms with E-state index in [0.717, 1.165) is 23.0 Å². The van der Waals surface area contributed by atoms with Crippen molar-refractivity contribution in [1.29, 1.82) is 0 Å². The molecule has 6 nitrogen and oxygen atoms in total. The molecule has 1 aromatic rings. The first-order chi connectivity index (χ1) is 12.2. The van der Waals surface area contributed by atoms with Crippen LogP contribution in [0.4, 0.5) is 10.5 Å². The summed E-state index contributed by atoms with van der Waals surface area (Å²) in [6, 6.07) is 8.34. The number of likely N-dealkylation sites (tertiary alicyclic amines) is 1. The molecule has 1 fully saturated rings. The van der Waals surface area contributed by atoms with Gasteiger partial charge in [0.05, 0.1) is 0 Å². The van der Waals surface area contributed by atoms with Gasteiger partial charge < -0.3 is 9.64 Å². The van der Waals surface area contributed by atoms with Gasteiger partial charge in [0.15, 0.2) is 0 Å². The number of hydrogen-bond acceptors (Lipinski definition) is 6. The van der Waals surface area contributed by atoms with Gasteiger partial charge in [0.1, 0.15) is 17.8 Å². The van der Waals surface area contributed by atoms with Gasteiger partial charge in [-0.3, -0.25) is 4.31 Å². The van der Waals surface area contributed by atoms with Crippen molar-refractivity contribution in [3.8, 4) is 0 Å². The Morgan fingerprint density at radius 3 is 2.31 bits per heavy atom. The maximum atomic E-state index is 12.1. The Bertz CT molecular complexity index is 586. The van der Waals surface area contributed by atoms with Gasteiger partial charge in [-0.05, 0) is 57.9 Å². The van der Waals surface area contributed by atoms with Gasteiger partial charge in [-0.1, -0.05) is 15.9 Å². The lowest BCUT2D eigenvalue weighted by Gasteiger charge is -2.36. The van der Waals surface area contributed by atoms with Crippen LogP contribution >= 0.6 is 28.2 Å². The van der Waals surface area contributed by atoms with Crippen molar-refractivity contribution in [2.24, 2.45) is 0 Å². The van der Waals surface area contributed by atoms with Gasteiger partial charge in [0.2, 0.25) is 0 Å². The summed E-state index contributed by atoms with van der Waals surface area (Å²) in [4.78, 5) is 13.9. The van der Waals surface area contributed by atoms with Crippen molar-refractivity contribution in [2.45, 2.75) is 45.3 Å². The van der Waals surface area contributed by atoms with Gasteiger partial charge in [-0.25, -0.2) is 9.08 Å². The van der Waals surface area contributed by atoms with Crippen LogP contribution in [0.15, 0.2) is 28.7 Å². The standard InChI is InChI=1S/C18H28BrN3O3S/c1-18(2,3)24-17(23)22-12-10-15(11-13-22)20(4)25-26-21(5)16-8-6-14(19)7-9-16/h6-9,15H,10-13H2,1-5H3. The van der Waals surface area contributed by atoms with E-state index in [1.165, 1.54) is 12.2 Å². The Hall–Kier alpha value is -0.960. The minimum Gasteiger partial charge on any atom is -0.444 e. The van der Waals surface area contributed by atoms with Gasteiger partial charge >= 0.3 is 6.09 Å². The molecule has 1 saturated heterocycles. The highest BCUT2D eigenvalue weighted by Gasteiger charge is 2.29. The molecule has 0 radical (unpaired) electrons. The van der Waals surface area contributed by atoms with Crippen molar-refractivity contribution in [2.75, 3.05) is 31.5 Å². The minimum absolute atomic E-state index is 0.233. The molecule has 0 spiro atoms. The van der Waals surface area contributed by atoms with E-state index < -0.39 is 5.60 Å². The number of carbonyl (C=O) groups excluding carboxylic acids is 1. The largest absolute Gasteiger partial charge is 0.444 e. The molecule has 0 N–H and O–H groups in total. The molecular weight excluding hydrogens is 418 g/mol. The predicted molar refractivity (Wildman–Crippen MR) is 110 cm³/mol. The second-order valence-electron chi connectivity index (χ2n) is 7.37. The fraction of sp³-hybridized carbons (Fsp3) is 0.611.